The van der Waals surface area contributed by atoms with Crippen molar-refractivity contribution in [3.8, 4) is 0 Å². The van der Waals surface area contributed by atoms with E-state index >= 15 is 0 Å². The topological polar surface area (TPSA) is 60.2 Å². The molecule has 1 aliphatic heterocycles. The van der Waals surface area contributed by atoms with Gasteiger partial charge in [-0.1, -0.05) is 6.07 Å². The van der Waals surface area contributed by atoms with E-state index in [9.17, 15) is 18.0 Å². The maximum Gasteiger partial charge on any atom is 0.419 e. The first kappa shape index (κ1) is 16.3. The van der Waals surface area contributed by atoms with Gasteiger partial charge in [0, 0.05) is 50.6 Å². The molecule has 0 aliphatic carbocycles. The molecule has 0 saturated carbocycles. The summed E-state index contributed by atoms with van der Waals surface area (Å²) < 4.78 is 38.7. The number of anilines is 1. The molecule has 0 radical (unpaired) electrons. The van der Waals surface area contributed by atoms with Crippen LogP contribution in [0.4, 0.5) is 19.1 Å². The Bertz CT molecular complexity index is 737. The second kappa shape index (κ2) is 6.50. The Morgan fingerprint density at radius 3 is 2.38 bits per heavy atom. The second-order valence-electron chi connectivity index (χ2n) is 5.43. The number of piperidine rings is 1. The van der Waals surface area contributed by atoms with Gasteiger partial charge in [-0.15, -0.1) is 0 Å². The quantitative estimate of drug-likeness (QED) is 0.852. The number of rotatable bonds is 3. The minimum Gasteiger partial charge on any atom is -0.407 e. The Labute approximate surface area is 135 Å². The molecule has 0 unspecified atom stereocenters. The smallest absolute Gasteiger partial charge is 0.407 e. The van der Waals surface area contributed by atoms with Crippen LogP contribution in [-0.2, 0) is 6.18 Å². The van der Waals surface area contributed by atoms with E-state index in [1.165, 1.54) is 10.8 Å². The van der Waals surface area contributed by atoms with Crippen LogP contribution in [0, 0.1) is 0 Å². The highest BCUT2D eigenvalue weighted by Gasteiger charge is 2.32. The van der Waals surface area contributed by atoms with Crippen molar-refractivity contribution in [1.82, 2.24) is 14.7 Å². The number of pyridine rings is 1. The van der Waals surface area contributed by atoms with Gasteiger partial charge in [-0.3, -0.25) is 4.79 Å². The van der Waals surface area contributed by atoms with Gasteiger partial charge in [0.25, 0.3) is 5.56 Å². The fourth-order valence-electron chi connectivity index (χ4n) is 2.45. The molecule has 128 valence electrons. The van der Waals surface area contributed by atoms with Crippen molar-refractivity contribution in [2.75, 3.05) is 18.0 Å². The van der Waals surface area contributed by atoms with E-state index in [0.717, 1.165) is 12.4 Å². The Morgan fingerprint density at radius 2 is 1.79 bits per heavy atom. The summed E-state index contributed by atoms with van der Waals surface area (Å²) in [7, 11) is 0. The lowest BCUT2D eigenvalue weighted by molar-refractivity contribution is -0.138. The summed E-state index contributed by atoms with van der Waals surface area (Å²) in [4.78, 5) is 26.6. The van der Waals surface area contributed by atoms with E-state index in [1.54, 1.807) is 23.2 Å². The first-order chi connectivity index (χ1) is 11.4. The van der Waals surface area contributed by atoms with E-state index in [2.05, 4.69) is 9.97 Å². The summed E-state index contributed by atoms with van der Waals surface area (Å²) in [5, 5.41) is 0. The fraction of sp³-hybridized carbons (Fsp3) is 0.400. The molecular weight excluding hydrogens is 325 g/mol. The molecule has 3 heterocycles. The summed E-state index contributed by atoms with van der Waals surface area (Å²) in [6.45, 7) is 1.08. The lowest BCUT2D eigenvalue weighted by Crippen LogP contribution is -2.43. The molecule has 1 aliphatic rings. The molecule has 0 bridgehead atoms. The number of aromatic nitrogens is 3. The molecular formula is C15H15F3N4O2. The van der Waals surface area contributed by atoms with Crippen molar-refractivity contribution >= 4 is 5.95 Å². The number of hydrogen-bond acceptors (Lipinski definition) is 5. The lowest BCUT2D eigenvalue weighted by atomic mass is 10.1. The van der Waals surface area contributed by atoms with Crippen molar-refractivity contribution in [2.45, 2.75) is 25.1 Å². The summed E-state index contributed by atoms with van der Waals surface area (Å²) in [6.07, 6.45) is -0.230. The number of nitrogens with zero attached hydrogens (tertiary/aromatic N) is 4. The third-order valence-corrected chi connectivity index (χ3v) is 3.74. The second-order valence-corrected chi connectivity index (χ2v) is 5.43. The summed E-state index contributed by atoms with van der Waals surface area (Å²) in [5.41, 5.74) is -1.11. The van der Waals surface area contributed by atoms with Crippen molar-refractivity contribution in [3.63, 3.8) is 0 Å². The van der Waals surface area contributed by atoms with Crippen LogP contribution in [-0.4, -0.2) is 33.9 Å². The first-order valence-corrected chi connectivity index (χ1v) is 7.42. The molecule has 2 aromatic rings. The molecule has 1 saturated heterocycles. The predicted molar refractivity (Wildman–Crippen MR) is 79.6 cm³/mol. The van der Waals surface area contributed by atoms with Crippen LogP contribution in [0.1, 0.15) is 18.4 Å². The van der Waals surface area contributed by atoms with Crippen LogP contribution < -0.4 is 15.3 Å². The predicted octanol–water partition coefficient (Wildman–Crippen LogP) is 1.75. The van der Waals surface area contributed by atoms with Crippen LogP contribution in [0.3, 0.4) is 0 Å². The highest BCUT2D eigenvalue weighted by molar-refractivity contribution is 5.31. The molecule has 0 atom stereocenters. The number of hydrogen-bond donors (Lipinski definition) is 0. The fourth-order valence-corrected chi connectivity index (χ4v) is 2.45. The zero-order valence-electron chi connectivity index (χ0n) is 12.6. The zero-order valence-corrected chi connectivity index (χ0v) is 12.6. The molecule has 0 N–H and O–H groups in total. The summed E-state index contributed by atoms with van der Waals surface area (Å²) in [5.74, 6) is 0.262. The van der Waals surface area contributed by atoms with Gasteiger partial charge >= 0.3 is 6.18 Å². The maximum atomic E-state index is 12.5. The van der Waals surface area contributed by atoms with Gasteiger partial charge in [0.1, 0.15) is 6.10 Å². The van der Waals surface area contributed by atoms with Gasteiger partial charge in [-0.05, 0) is 6.07 Å². The Balaban J connectivity index is 1.59. The molecule has 1 fully saturated rings. The molecule has 6 nitrogen and oxygen atoms in total. The monoisotopic (exact) mass is 340 g/mol. The van der Waals surface area contributed by atoms with Crippen molar-refractivity contribution < 1.29 is 18.0 Å². The lowest BCUT2D eigenvalue weighted by Gasteiger charge is -2.31. The normalized spacial score (nSPS) is 16.2. The largest absolute Gasteiger partial charge is 0.419 e. The standard InChI is InChI=1S/C15H15F3N4O2/c16-15(17,18)11-9-19-14(20-10-11)21-7-4-12(5-8-21)24-22-6-2-1-3-13(22)23/h1-3,6,9-10,12H,4-5,7-8H2. The van der Waals surface area contributed by atoms with Gasteiger partial charge in [-0.25, -0.2) is 9.97 Å². The number of alkyl halides is 3. The minimum atomic E-state index is -4.44. The summed E-state index contributed by atoms with van der Waals surface area (Å²) in [6, 6.07) is 4.74. The van der Waals surface area contributed by atoms with Gasteiger partial charge in [0.05, 0.1) is 5.56 Å². The Kier molecular flexibility index (Phi) is 4.41. The highest BCUT2D eigenvalue weighted by Crippen LogP contribution is 2.28. The van der Waals surface area contributed by atoms with Crippen LogP contribution in [0.2, 0.25) is 0 Å². The van der Waals surface area contributed by atoms with E-state index in [1.807, 2.05) is 0 Å². The first-order valence-electron chi connectivity index (χ1n) is 7.42. The Hall–Kier alpha value is -2.58. The molecule has 3 rings (SSSR count). The van der Waals surface area contributed by atoms with Crippen LogP contribution >= 0.6 is 0 Å². The van der Waals surface area contributed by atoms with Crippen molar-refractivity contribution in [1.29, 1.82) is 0 Å². The molecule has 0 spiro atoms. The molecule has 0 aromatic carbocycles. The van der Waals surface area contributed by atoms with Gasteiger partial charge in [0.15, 0.2) is 0 Å². The molecule has 24 heavy (non-hydrogen) atoms. The van der Waals surface area contributed by atoms with E-state index < -0.39 is 11.7 Å². The number of halogens is 3. The average Bonchev–Trinajstić information content (AvgIpc) is 2.57. The third kappa shape index (κ3) is 3.66. The molecule has 2 aromatic heterocycles. The van der Waals surface area contributed by atoms with E-state index in [-0.39, 0.29) is 17.6 Å². The SMILES string of the molecule is O=c1ccccn1OC1CCN(c2ncc(C(F)(F)F)cn2)CC1. The van der Waals surface area contributed by atoms with Crippen LogP contribution in [0.25, 0.3) is 0 Å². The maximum absolute atomic E-state index is 12.5. The van der Waals surface area contributed by atoms with Crippen LogP contribution in [0.5, 0.6) is 0 Å². The van der Waals surface area contributed by atoms with E-state index in [0.29, 0.717) is 25.9 Å². The van der Waals surface area contributed by atoms with E-state index in [4.69, 9.17) is 4.84 Å². The minimum absolute atomic E-state index is 0.143. The van der Waals surface area contributed by atoms with Crippen molar-refractivity contribution in [2.24, 2.45) is 0 Å². The molecule has 0 amide bonds. The highest BCUT2D eigenvalue weighted by atomic mass is 19.4. The van der Waals surface area contributed by atoms with Crippen molar-refractivity contribution in [3.05, 3.63) is 52.7 Å². The van der Waals surface area contributed by atoms with Gasteiger partial charge in [0.2, 0.25) is 5.95 Å². The Morgan fingerprint density at radius 1 is 1.12 bits per heavy atom. The zero-order chi connectivity index (χ0) is 17.2. The summed E-state index contributed by atoms with van der Waals surface area (Å²) >= 11 is 0. The van der Waals surface area contributed by atoms with Gasteiger partial charge < -0.3 is 9.74 Å². The third-order valence-electron chi connectivity index (χ3n) is 3.74. The van der Waals surface area contributed by atoms with Gasteiger partial charge in [-0.2, -0.15) is 17.9 Å². The average molecular weight is 340 g/mol. The van der Waals surface area contributed by atoms with Crippen LogP contribution in [0.15, 0.2) is 41.6 Å². The molecule has 9 heteroatoms.